The molecule has 4 aromatic rings. The Kier molecular flexibility index (Phi) is 4.72. The van der Waals surface area contributed by atoms with Gasteiger partial charge >= 0.3 is 0 Å². The molecule has 0 amide bonds. The molecular weight excluding hydrogens is 410 g/mol. The van der Waals surface area contributed by atoms with E-state index in [1.54, 1.807) is 29.0 Å². The second-order valence-corrected chi connectivity index (χ2v) is 9.52. The molecule has 0 saturated carbocycles. The molecule has 3 aromatic heterocycles. The van der Waals surface area contributed by atoms with Gasteiger partial charge in [-0.15, -0.1) is 22.7 Å². The van der Waals surface area contributed by atoms with Gasteiger partial charge in [0.2, 0.25) is 0 Å². The molecule has 0 radical (unpaired) electrons. The minimum Gasteiger partial charge on any atom is -0.350 e. The number of fused-ring (bicyclic) bond motifs is 2. The van der Waals surface area contributed by atoms with Crippen molar-refractivity contribution < 1.29 is 8.78 Å². The van der Waals surface area contributed by atoms with Gasteiger partial charge in [0.05, 0.1) is 27.8 Å². The second-order valence-electron chi connectivity index (χ2n) is 7.57. The van der Waals surface area contributed by atoms with E-state index in [9.17, 15) is 8.78 Å². The topological polar surface area (TPSA) is 41.1 Å². The van der Waals surface area contributed by atoms with Gasteiger partial charge in [-0.05, 0) is 51.6 Å². The molecule has 29 heavy (non-hydrogen) atoms. The summed E-state index contributed by atoms with van der Waals surface area (Å²) in [5, 5.41) is 3.67. The van der Waals surface area contributed by atoms with E-state index >= 15 is 0 Å². The average molecular weight is 431 g/mol. The number of pyridine rings is 1. The summed E-state index contributed by atoms with van der Waals surface area (Å²) in [5.74, 6) is -0.563. The van der Waals surface area contributed by atoms with Crippen LogP contribution in [0.25, 0.3) is 20.4 Å². The van der Waals surface area contributed by atoms with Gasteiger partial charge in [0.15, 0.2) is 11.6 Å². The second kappa shape index (κ2) is 7.27. The number of anilines is 2. The fourth-order valence-corrected chi connectivity index (χ4v) is 6.03. The van der Waals surface area contributed by atoms with Gasteiger partial charge in [-0.1, -0.05) is 0 Å². The van der Waals surface area contributed by atoms with Crippen molar-refractivity contribution in [2.75, 3.05) is 18.9 Å². The quantitative estimate of drug-likeness (QED) is 0.425. The maximum Gasteiger partial charge on any atom is 0.173 e. The summed E-state index contributed by atoms with van der Waals surface area (Å²) in [6.07, 6.45) is 3.46. The monoisotopic (exact) mass is 430 g/mol. The molecule has 1 aliphatic rings. The largest absolute Gasteiger partial charge is 0.350 e. The van der Waals surface area contributed by atoms with Crippen LogP contribution >= 0.6 is 22.7 Å². The van der Waals surface area contributed by atoms with Crippen LogP contribution in [0.1, 0.15) is 30.6 Å². The first-order valence-electron chi connectivity index (χ1n) is 9.60. The fourth-order valence-electron chi connectivity index (χ4n) is 4.12. The molecule has 2 atom stereocenters. The highest BCUT2D eigenvalue weighted by molar-refractivity contribution is 7.18. The first kappa shape index (κ1) is 18.8. The molecule has 0 spiro atoms. The van der Waals surface area contributed by atoms with Crippen molar-refractivity contribution in [1.82, 2.24) is 14.9 Å². The number of benzene rings is 1. The van der Waals surface area contributed by atoms with Crippen LogP contribution in [0.2, 0.25) is 0 Å². The van der Waals surface area contributed by atoms with Crippen LogP contribution in [0.4, 0.5) is 20.2 Å². The Hall–Kier alpha value is -2.16. The highest BCUT2D eigenvalue weighted by atomic mass is 32.1. The standard InChI is InChI=1S/C21H20F2N4S2/c1-11-12(4-3-7-27(11)2)17-8-13-19(14(22)9-24-21(13)29-17)26-15-5-6-16-20(18(15)23)25-10-28-16/h5-6,8-12H,3-4,7H2,1-2H3,(H,24,26)/t11-,12+/m0/s1. The van der Waals surface area contributed by atoms with Crippen molar-refractivity contribution in [3.8, 4) is 0 Å². The highest BCUT2D eigenvalue weighted by Gasteiger charge is 2.29. The van der Waals surface area contributed by atoms with E-state index in [1.165, 1.54) is 22.4 Å². The Morgan fingerprint density at radius 2 is 2.10 bits per heavy atom. The van der Waals surface area contributed by atoms with Crippen LogP contribution in [0, 0.1) is 11.6 Å². The first-order chi connectivity index (χ1) is 14.0. The smallest absolute Gasteiger partial charge is 0.173 e. The lowest BCUT2D eigenvalue weighted by molar-refractivity contribution is 0.176. The van der Waals surface area contributed by atoms with Crippen molar-refractivity contribution in [1.29, 1.82) is 0 Å². The summed E-state index contributed by atoms with van der Waals surface area (Å²) >= 11 is 2.98. The molecule has 150 valence electrons. The van der Waals surface area contributed by atoms with Gasteiger partial charge in [-0.25, -0.2) is 18.7 Å². The van der Waals surface area contributed by atoms with Crippen LogP contribution in [-0.4, -0.2) is 34.5 Å². The summed E-state index contributed by atoms with van der Waals surface area (Å²) < 4.78 is 30.3. The van der Waals surface area contributed by atoms with Crippen LogP contribution in [-0.2, 0) is 0 Å². The predicted octanol–water partition coefficient (Wildman–Crippen LogP) is 6.13. The number of thiophene rings is 1. The Bertz CT molecular complexity index is 1200. The Morgan fingerprint density at radius 1 is 1.24 bits per heavy atom. The lowest BCUT2D eigenvalue weighted by atomic mass is 9.89. The number of nitrogens with one attached hydrogen (secondary N) is 1. The van der Waals surface area contributed by atoms with Gasteiger partial charge in [0.1, 0.15) is 10.3 Å². The van der Waals surface area contributed by atoms with Crippen LogP contribution in [0.5, 0.6) is 0 Å². The molecular formula is C21H20F2N4S2. The summed E-state index contributed by atoms with van der Waals surface area (Å²) in [7, 11) is 2.15. The Morgan fingerprint density at radius 3 is 2.97 bits per heavy atom. The first-order valence-corrected chi connectivity index (χ1v) is 11.3. The number of rotatable bonds is 3. The van der Waals surface area contributed by atoms with Crippen molar-refractivity contribution >= 4 is 54.5 Å². The molecule has 5 rings (SSSR count). The number of hydrogen-bond acceptors (Lipinski definition) is 6. The number of hydrogen-bond donors (Lipinski definition) is 1. The molecule has 4 heterocycles. The molecule has 0 bridgehead atoms. The number of likely N-dealkylation sites (tertiary alicyclic amines) is 1. The van der Waals surface area contributed by atoms with E-state index in [1.807, 2.05) is 6.07 Å². The van der Waals surface area contributed by atoms with Gasteiger partial charge < -0.3 is 10.2 Å². The van der Waals surface area contributed by atoms with Crippen LogP contribution in [0.3, 0.4) is 0 Å². The van der Waals surface area contributed by atoms with Crippen molar-refractivity contribution in [2.45, 2.75) is 31.7 Å². The molecule has 1 fully saturated rings. The van der Waals surface area contributed by atoms with E-state index in [-0.39, 0.29) is 11.4 Å². The molecule has 0 aliphatic carbocycles. The lowest BCUT2D eigenvalue weighted by Crippen LogP contribution is -2.38. The van der Waals surface area contributed by atoms with Crippen LogP contribution < -0.4 is 5.32 Å². The van der Waals surface area contributed by atoms with Gasteiger partial charge in [-0.3, -0.25) is 0 Å². The number of halogens is 2. The van der Waals surface area contributed by atoms with E-state index in [0.717, 1.165) is 28.9 Å². The van der Waals surface area contributed by atoms with Crippen molar-refractivity contribution in [3.63, 3.8) is 0 Å². The molecule has 1 saturated heterocycles. The number of thiazole rings is 1. The van der Waals surface area contributed by atoms with E-state index in [0.29, 0.717) is 22.9 Å². The Balaban J connectivity index is 1.57. The van der Waals surface area contributed by atoms with E-state index in [4.69, 9.17) is 0 Å². The molecule has 1 aliphatic heterocycles. The minimum atomic E-state index is -0.492. The summed E-state index contributed by atoms with van der Waals surface area (Å²) in [6, 6.07) is 5.88. The maximum atomic E-state index is 14.9. The number of likely N-dealkylation sites (N-methyl/N-ethyl adjacent to an activating group) is 1. The molecule has 8 heteroatoms. The third kappa shape index (κ3) is 3.19. The summed E-state index contributed by atoms with van der Waals surface area (Å²) in [5.41, 5.74) is 2.39. The molecule has 1 N–H and O–H groups in total. The zero-order valence-electron chi connectivity index (χ0n) is 16.1. The molecule has 0 unspecified atom stereocenters. The van der Waals surface area contributed by atoms with E-state index < -0.39 is 11.6 Å². The molecule has 4 nitrogen and oxygen atoms in total. The summed E-state index contributed by atoms with van der Waals surface area (Å²) in [4.78, 5) is 12.7. The lowest BCUT2D eigenvalue weighted by Gasteiger charge is -2.36. The van der Waals surface area contributed by atoms with Gasteiger partial charge in [0.25, 0.3) is 0 Å². The normalized spacial score (nSPS) is 20.6. The summed E-state index contributed by atoms with van der Waals surface area (Å²) in [6.45, 7) is 3.33. The fraction of sp³-hybridized carbons (Fsp3) is 0.333. The number of nitrogens with zero attached hydrogens (tertiary/aromatic N) is 3. The SMILES string of the molecule is C[C@H]1[C@H](c2cc3c(Nc4ccc5scnc5c4F)c(F)cnc3s2)CCCN1C. The van der Waals surface area contributed by atoms with Crippen LogP contribution in [0.15, 0.2) is 29.9 Å². The Labute approximate surface area is 175 Å². The number of aromatic nitrogens is 2. The minimum absolute atomic E-state index is 0.216. The third-order valence-corrected chi connectivity index (χ3v) is 7.87. The highest BCUT2D eigenvalue weighted by Crippen LogP contribution is 2.41. The predicted molar refractivity (Wildman–Crippen MR) is 117 cm³/mol. The average Bonchev–Trinajstić information content (AvgIpc) is 3.35. The maximum absolute atomic E-state index is 14.9. The zero-order valence-corrected chi connectivity index (χ0v) is 17.7. The van der Waals surface area contributed by atoms with E-state index in [2.05, 4.69) is 34.2 Å². The third-order valence-electron chi connectivity index (χ3n) is 5.90. The van der Waals surface area contributed by atoms with Crippen molar-refractivity contribution in [3.05, 3.63) is 46.4 Å². The van der Waals surface area contributed by atoms with Crippen molar-refractivity contribution in [2.24, 2.45) is 0 Å². The molecule has 1 aromatic carbocycles. The number of piperidine rings is 1. The zero-order chi connectivity index (χ0) is 20.1. The van der Waals surface area contributed by atoms with Gasteiger partial charge in [-0.2, -0.15) is 0 Å². The van der Waals surface area contributed by atoms with Gasteiger partial charge in [0, 0.05) is 22.2 Å².